The van der Waals surface area contributed by atoms with Gasteiger partial charge in [0.05, 0.1) is 10.5 Å². The van der Waals surface area contributed by atoms with Gasteiger partial charge in [0, 0.05) is 48.4 Å². The van der Waals surface area contributed by atoms with Gasteiger partial charge < -0.3 is 14.3 Å². The normalized spacial score (nSPS) is 18.1. The second-order valence-electron chi connectivity index (χ2n) is 8.71. The smallest absolute Gasteiger partial charge is 0.276 e. The number of halogens is 1. The van der Waals surface area contributed by atoms with Crippen LogP contribution in [0, 0.1) is 6.92 Å². The zero-order valence-corrected chi connectivity index (χ0v) is 20.5. The summed E-state index contributed by atoms with van der Waals surface area (Å²) in [5.41, 5.74) is 3.87. The molecular weight excluding hydrogens is 460 g/mol. The lowest BCUT2D eigenvalue weighted by Gasteiger charge is -2.39. The van der Waals surface area contributed by atoms with Crippen molar-refractivity contribution in [3.63, 3.8) is 0 Å². The topological polar surface area (TPSA) is 79.5 Å². The van der Waals surface area contributed by atoms with Crippen LogP contribution >= 0.6 is 25.1 Å². The molecule has 7 nitrogen and oxygen atoms in total. The van der Waals surface area contributed by atoms with Crippen LogP contribution in [-0.4, -0.2) is 57.4 Å². The number of carbonyl (C=O) groups excluding carboxylic acids is 2. The number of rotatable bonds is 2. The molecule has 5 rings (SSSR count). The minimum Gasteiger partial charge on any atom is -0.361 e. The molecule has 0 radical (unpaired) electrons. The SMILES string of the molecule is Cc1cc(C(=O)N2CCN(C(=O)c3ccc4c(Cl)c5c(nc4c3)CCCC5)[C@@H](C)C2)no1.S. The predicted molar refractivity (Wildman–Crippen MR) is 131 cm³/mol. The molecule has 0 bridgehead atoms. The molecule has 2 aliphatic rings. The van der Waals surface area contributed by atoms with Crippen LogP contribution < -0.4 is 0 Å². The van der Waals surface area contributed by atoms with Crippen LogP contribution in [0.25, 0.3) is 10.9 Å². The number of nitrogens with zero attached hydrogens (tertiary/aromatic N) is 4. The van der Waals surface area contributed by atoms with Crippen LogP contribution in [0.1, 0.15) is 57.6 Å². The summed E-state index contributed by atoms with van der Waals surface area (Å²) < 4.78 is 5.02. The lowest BCUT2D eigenvalue weighted by Crippen LogP contribution is -2.55. The van der Waals surface area contributed by atoms with Crippen molar-refractivity contribution in [3.05, 3.63) is 57.6 Å². The minimum atomic E-state index is -0.171. The zero-order chi connectivity index (χ0) is 22.4. The third-order valence-electron chi connectivity index (χ3n) is 6.46. The summed E-state index contributed by atoms with van der Waals surface area (Å²) in [6.45, 7) is 5.06. The van der Waals surface area contributed by atoms with E-state index in [0.29, 0.717) is 36.7 Å². The molecule has 1 aromatic carbocycles. The Labute approximate surface area is 204 Å². The number of benzene rings is 1. The average Bonchev–Trinajstić information content (AvgIpc) is 3.24. The van der Waals surface area contributed by atoms with Gasteiger partial charge in [0.2, 0.25) is 0 Å². The molecule has 2 amide bonds. The van der Waals surface area contributed by atoms with Gasteiger partial charge in [-0.2, -0.15) is 13.5 Å². The first-order valence-corrected chi connectivity index (χ1v) is 11.4. The van der Waals surface area contributed by atoms with Gasteiger partial charge >= 0.3 is 0 Å². The second-order valence-corrected chi connectivity index (χ2v) is 9.09. The quantitative estimate of drug-likeness (QED) is 0.543. The number of hydrogen-bond donors (Lipinski definition) is 0. The van der Waals surface area contributed by atoms with Gasteiger partial charge in [-0.05, 0) is 57.2 Å². The zero-order valence-electron chi connectivity index (χ0n) is 18.7. The van der Waals surface area contributed by atoms with Crippen LogP contribution in [0.5, 0.6) is 0 Å². The van der Waals surface area contributed by atoms with E-state index in [1.54, 1.807) is 17.9 Å². The molecule has 1 fully saturated rings. The number of hydrogen-bond acceptors (Lipinski definition) is 5. The van der Waals surface area contributed by atoms with Crippen molar-refractivity contribution >= 4 is 47.8 Å². The lowest BCUT2D eigenvalue weighted by molar-refractivity contribution is 0.0409. The van der Waals surface area contributed by atoms with Crippen LogP contribution in [0.2, 0.25) is 5.02 Å². The van der Waals surface area contributed by atoms with Crippen LogP contribution in [0.15, 0.2) is 28.8 Å². The molecule has 0 unspecified atom stereocenters. The monoisotopic (exact) mass is 486 g/mol. The molecule has 0 N–H and O–H groups in total. The number of pyridine rings is 1. The van der Waals surface area contributed by atoms with Crippen molar-refractivity contribution in [1.82, 2.24) is 19.9 Å². The van der Waals surface area contributed by atoms with Gasteiger partial charge in [-0.1, -0.05) is 22.8 Å². The standard InChI is InChI=1S/C24H25ClN4O3.H2S/c1-14-13-28(24(31)21-11-15(2)32-27-21)9-10-29(14)23(30)16-7-8-18-20(12-16)26-19-6-4-3-5-17(19)22(18)25;/h7-8,11-12,14H,3-6,9-10,13H2,1-2H3;1H2/t14-;/m0./s1. The highest BCUT2D eigenvalue weighted by Gasteiger charge is 2.32. The summed E-state index contributed by atoms with van der Waals surface area (Å²) in [6.07, 6.45) is 4.15. The predicted octanol–water partition coefficient (Wildman–Crippen LogP) is 4.16. The van der Waals surface area contributed by atoms with E-state index < -0.39 is 0 Å². The Morgan fingerprint density at radius 1 is 1.12 bits per heavy atom. The van der Waals surface area contributed by atoms with E-state index in [0.717, 1.165) is 52.9 Å². The van der Waals surface area contributed by atoms with E-state index in [1.165, 1.54) is 0 Å². The first-order valence-electron chi connectivity index (χ1n) is 11.1. The van der Waals surface area contributed by atoms with Crippen molar-refractivity contribution in [3.8, 4) is 0 Å². The molecule has 3 aromatic rings. The number of piperazine rings is 1. The van der Waals surface area contributed by atoms with E-state index in [2.05, 4.69) is 5.16 Å². The number of amides is 2. The Morgan fingerprint density at radius 3 is 2.64 bits per heavy atom. The van der Waals surface area contributed by atoms with Crippen LogP contribution in [0.3, 0.4) is 0 Å². The highest BCUT2D eigenvalue weighted by Crippen LogP contribution is 2.33. The van der Waals surface area contributed by atoms with E-state index >= 15 is 0 Å². The van der Waals surface area contributed by atoms with Crippen LogP contribution in [0.4, 0.5) is 0 Å². The number of carbonyl (C=O) groups is 2. The average molecular weight is 487 g/mol. The van der Waals surface area contributed by atoms with Gasteiger partial charge in [-0.3, -0.25) is 14.6 Å². The second kappa shape index (κ2) is 9.35. The number of fused-ring (bicyclic) bond motifs is 2. The molecule has 1 aliphatic carbocycles. The maximum Gasteiger partial charge on any atom is 0.276 e. The first-order chi connectivity index (χ1) is 15.4. The molecule has 174 valence electrons. The summed E-state index contributed by atoms with van der Waals surface area (Å²) in [7, 11) is 0. The molecule has 0 saturated carbocycles. The van der Waals surface area contributed by atoms with Crippen molar-refractivity contribution in [2.45, 2.75) is 45.6 Å². The molecule has 1 aliphatic heterocycles. The molecule has 1 saturated heterocycles. The fraction of sp³-hybridized carbons (Fsp3) is 0.417. The number of aromatic nitrogens is 2. The Morgan fingerprint density at radius 2 is 1.91 bits per heavy atom. The third-order valence-corrected chi connectivity index (χ3v) is 6.89. The minimum absolute atomic E-state index is 0. The van der Waals surface area contributed by atoms with E-state index in [9.17, 15) is 9.59 Å². The number of aryl methyl sites for hydroxylation is 2. The Bertz CT molecular complexity index is 1230. The van der Waals surface area contributed by atoms with E-state index in [4.69, 9.17) is 21.1 Å². The largest absolute Gasteiger partial charge is 0.361 e. The molecule has 9 heteroatoms. The highest BCUT2D eigenvalue weighted by atomic mass is 35.5. The fourth-order valence-electron chi connectivity index (χ4n) is 4.74. The fourth-order valence-corrected chi connectivity index (χ4v) is 5.10. The molecule has 3 heterocycles. The molecular formula is C24H27ClN4O3S. The summed E-state index contributed by atoms with van der Waals surface area (Å²) >= 11 is 6.68. The maximum atomic E-state index is 13.3. The highest BCUT2D eigenvalue weighted by molar-refractivity contribution is 7.59. The van der Waals surface area contributed by atoms with E-state index in [1.807, 2.05) is 30.0 Å². The summed E-state index contributed by atoms with van der Waals surface area (Å²) in [4.78, 5) is 34.4. The van der Waals surface area contributed by atoms with Crippen molar-refractivity contribution < 1.29 is 14.1 Å². The van der Waals surface area contributed by atoms with Gasteiger partial charge in [0.25, 0.3) is 11.8 Å². The summed E-state index contributed by atoms with van der Waals surface area (Å²) in [6, 6.07) is 7.10. The maximum absolute atomic E-state index is 13.3. The van der Waals surface area contributed by atoms with Gasteiger partial charge in [0.1, 0.15) is 5.76 Å². The Hall–Kier alpha value is -2.58. The van der Waals surface area contributed by atoms with Crippen LogP contribution in [-0.2, 0) is 12.8 Å². The first kappa shape index (κ1) is 23.6. The molecule has 1 atom stereocenters. The van der Waals surface area contributed by atoms with E-state index in [-0.39, 0.29) is 31.4 Å². The molecule has 2 aromatic heterocycles. The lowest BCUT2D eigenvalue weighted by atomic mass is 9.94. The molecule has 33 heavy (non-hydrogen) atoms. The summed E-state index contributed by atoms with van der Waals surface area (Å²) in [5, 5.41) is 5.49. The summed E-state index contributed by atoms with van der Waals surface area (Å²) in [5.74, 6) is 0.371. The Kier molecular flexibility index (Phi) is 6.68. The molecule has 0 spiro atoms. The van der Waals surface area contributed by atoms with Gasteiger partial charge in [-0.15, -0.1) is 0 Å². The van der Waals surface area contributed by atoms with Gasteiger partial charge in [-0.25, -0.2) is 0 Å². The van der Waals surface area contributed by atoms with Crippen molar-refractivity contribution in [2.75, 3.05) is 19.6 Å². The third kappa shape index (κ3) is 4.34. The van der Waals surface area contributed by atoms with Crippen molar-refractivity contribution in [2.24, 2.45) is 0 Å². The van der Waals surface area contributed by atoms with Gasteiger partial charge in [0.15, 0.2) is 5.69 Å². The Balaban J connectivity index is 0.00000259. The van der Waals surface area contributed by atoms with Crippen molar-refractivity contribution in [1.29, 1.82) is 0 Å².